The molecule has 1 N–H and O–H groups in total. The second-order valence-electron chi connectivity index (χ2n) is 5.46. The quantitative estimate of drug-likeness (QED) is 0.831. The summed E-state index contributed by atoms with van der Waals surface area (Å²) in [5, 5.41) is 4.11. The molecule has 0 spiro atoms. The minimum Gasteiger partial charge on any atom is -0.465 e. The van der Waals surface area contributed by atoms with E-state index in [2.05, 4.69) is 12.2 Å². The molecule has 0 radical (unpaired) electrons. The number of carbonyl (C=O) groups is 1. The lowest BCUT2D eigenvalue weighted by molar-refractivity contribution is 0.0602. The van der Waals surface area contributed by atoms with Gasteiger partial charge in [0.15, 0.2) is 0 Å². The lowest BCUT2D eigenvalue weighted by atomic mass is 9.84. The molecular formula is C16H22ClNO2. The van der Waals surface area contributed by atoms with Gasteiger partial charge in [-0.25, -0.2) is 4.79 Å². The molecule has 0 saturated heterocycles. The van der Waals surface area contributed by atoms with Crippen LogP contribution in [0.15, 0.2) is 18.2 Å². The smallest absolute Gasteiger partial charge is 0.339 e. The fourth-order valence-corrected chi connectivity index (χ4v) is 3.11. The van der Waals surface area contributed by atoms with Crippen molar-refractivity contribution < 1.29 is 9.53 Å². The van der Waals surface area contributed by atoms with Crippen molar-refractivity contribution in [2.75, 3.05) is 12.4 Å². The third kappa shape index (κ3) is 3.66. The molecule has 1 saturated carbocycles. The van der Waals surface area contributed by atoms with Crippen molar-refractivity contribution in [3.05, 3.63) is 28.8 Å². The lowest BCUT2D eigenvalue weighted by Gasteiger charge is -2.30. The van der Waals surface area contributed by atoms with Gasteiger partial charge in [0, 0.05) is 11.1 Å². The zero-order valence-corrected chi connectivity index (χ0v) is 12.9. The molecule has 0 heterocycles. The molecule has 3 nitrogen and oxygen atoms in total. The molecule has 0 aromatic heterocycles. The molecule has 2 rings (SSSR count). The normalized spacial score (nSPS) is 22.4. The second kappa shape index (κ2) is 6.98. The molecule has 0 amide bonds. The maximum Gasteiger partial charge on any atom is 0.339 e. The van der Waals surface area contributed by atoms with Gasteiger partial charge < -0.3 is 10.1 Å². The average molecular weight is 296 g/mol. The maximum absolute atomic E-state index is 11.8. The highest BCUT2D eigenvalue weighted by atomic mass is 35.5. The molecular weight excluding hydrogens is 274 g/mol. The Bertz CT molecular complexity index is 476. The summed E-state index contributed by atoms with van der Waals surface area (Å²) < 4.78 is 4.83. The number of nitrogens with one attached hydrogen (secondary N) is 1. The van der Waals surface area contributed by atoms with E-state index in [0.717, 1.165) is 24.4 Å². The lowest BCUT2D eigenvalue weighted by Crippen LogP contribution is -2.28. The predicted octanol–water partition coefficient (Wildman–Crippen LogP) is 4.51. The molecule has 2 atom stereocenters. The molecule has 0 aliphatic heterocycles. The van der Waals surface area contributed by atoms with Gasteiger partial charge in [-0.05, 0) is 37.0 Å². The highest BCUT2D eigenvalue weighted by Gasteiger charge is 2.22. The Morgan fingerprint density at radius 2 is 2.25 bits per heavy atom. The first-order valence-corrected chi connectivity index (χ1v) is 7.66. The van der Waals surface area contributed by atoms with E-state index in [-0.39, 0.29) is 5.97 Å². The monoisotopic (exact) mass is 295 g/mol. The summed E-state index contributed by atoms with van der Waals surface area (Å²) in [6.07, 6.45) is 6.07. The van der Waals surface area contributed by atoms with Crippen molar-refractivity contribution in [3.8, 4) is 0 Å². The summed E-state index contributed by atoms with van der Waals surface area (Å²) >= 11 is 6.05. The highest BCUT2D eigenvalue weighted by molar-refractivity contribution is 6.31. The number of methoxy groups -OCH3 is 1. The van der Waals surface area contributed by atoms with E-state index in [1.54, 1.807) is 12.1 Å². The number of ether oxygens (including phenoxy) is 1. The van der Waals surface area contributed by atoms with Crippen LogP contribution in [-0.4, -0.2) is 19.1 Å². The number of benzene rings is 1. The van der Waals surface area contributed by atoms with Gasteiger partial charge in [0.25, 0.3) is 0 Å². The van der Waals surface area contributed by atoms with E-state index in [0.29, 0.717) is 16.6 Å². The minimum atomic E-state index is -0.327. The highest BCUT2D eigenvalue weighted by Crippen LogP contribution is 2.30. The minimum absolute atomic E-state index is 0.327. The van der Waals surface area contributed by atoms with Crippen LogP contribution in [0.3, 0.4) is 0 Å². The van der Waals surface area contributed by atoms with Crippen molar-refractivity contribution in [2.45, 2.75) is 45.1 Å². The summed E-state index contributed by atoms with van der Waals surface area (Å²) in [4.78, 5) is 11.8. The molecule has 1 aliphatic rings. The van der Waals surface area contributed by atoms with Crippen LogP contribution in [0, 0.1) is 5.92 Å². The van der Waals surface area contributed by atoms with E-state index in [4.69, 9.17) is 16.3 Å². The Morgan fingerprint density at radius 3 is 2.95 bits per heavy atom. The molecule has 1 aromatic rings. The van der Waals surface area contributed by atoms with Crippen LogP contribution < -0.4 is 5.32 Å². The van der Waals surface area contributed by atoms with Crippen molar-refractivity contribution >= 4 is 23.3 Å². The van der Waals surface area contributed by atoms with Gasteiger partial charge in [0.2, 0.25) is 0 Å². The fraction of sp³-hybridized carbons (Fsp3) is 0.562. The third-order valence-electron chi connectivity index (χ3n) is 4.11. The Labute approximate surface area is 125 Å². The van der Waals surface area contributed by atoms with Gasteiger partial charge in [-0.3, -0.25) is 0 Å². The third-order valence-corrected chi connectivity index (χ3v) is 4.34. The Kier molecular flexibility index (Phi) is 5.30. The first-order chi connectivity index (χ1) is 9.63. The van der Waals surface area contributed by atoms with Gasteiger partial charge in [-0.2, -0.15) is 0 Å². The topological polar surface area (TPSA) is 38.3 Å². The van der Waals surface area contributed by atoms with E-state index < -0.39 is 0 Å². The number of anilines is 1. The van der Waals surface area contributed by atoms with E-state index in [1.807, 2.05) is 6.07 Å². The van der Waals surface area contributed by atoms with E-state index in [1.165, 1.54) is 26.4 Å². The van der Waals surface area contributed by atoms with Gasteiger partial charge >= 0.3 is 5.97 Å². The van der Waals surface area contributed by atoms with Crippen LogP contribution in [-0.2, 0) is 4.74 Å². The summed E-state index contributed by atoms with van der Waals surface area (Å²) in [5.41, 5.74) is 1.33. The van der Waals surface area contributed by atoms with Crippen LogP contribution in [0.25, 0.3) is 0 Å². The van der Waals surface area contributed by atoms with Gasteiger partial charge in [0.1, 0.15) is 0 Å². The van der Waals surface area contributed by atoms with Gasteiger partial charge in [-0.15, -0.1) is 0 Å². The van der Waals surface area contributed by atoms with Crippen LogP contribution in [0.1, 0.15) is 49.4 Å². The van der Waals surface area contributed by atoms with Crippen molar-refractivity contribution in [2.24, 2.45) is 5.92 Å². The average Bonchev–Trinajstić information content (AvgIpc) is 2.47. The first-order valence-electron chi connectivity index (χ1n) is 7.28. The SMILES string of the molecule is CCC1CCCC(Nc2cc(Cl)ccc2C(=O)OC)C1. The molecule has 1 aliphatic carbocycles. The summed E-state index contributed by atoms with van der Waals surface area (Å²) in [5.74, 6) is 0.453. The van der Waals surface area contributed by atoms with Crippen LogP contribution in [0.5, 0.6) is 0 Å². The Balaban J connectivity index is 2.15. The molecule has 0 bridgehead atoms. The van der Waals surface area contributed by atoms with Gasteiger partial charge in [-0.1, -0.05) is 37.8 Å². The van der Waals surface area contributed by atoms with E-state index in [9.17, 15) is 4.79 Å². The largest absolute Gasteiger partial charge is 0.465 e. The van der Waals surface area contributed by atoms with Gasteiger partial charge in [0.05, 0.1) is 18.4 Å². The van der Waals surface area contributed by atoms with Crippen LogP contribution >= 0.6 is 11.6 Å². The Morgan fingerprint density at radius 1 is 1.45 bits per heavy atom. The summed E-state index contributed by atoms with van der Waals surface area (Å²) in [6, 6.07) is 5.66. The molecule has 20 heavy (non-hydrogen) atoms. The zero-order valence-electron chi connectivity index (χ0n) is 12.1. The number of carbonyl (C=O) groups excluding carboxylic acids is 1. The van der Waals surface area contributed by atoms with E-state index >= 15 is 0 Å². The number of hydrogen-bond acceptors (Lipinski definition) is 3. The zero-order chi connectivity index (χ0) is 14.5. The van der Waals surface area contributed by atoms with Crippen molar-refractivity contribution in [1.29, 1.82) is 0 Å². The van der Waals surface area contributed by atoms with Crippen LogP contribution in [0.2, 0.25) is 5.02 Å². The summed E-state index contributed by atoms with van der Waals surface area (Å²) in [7, 11) is 1.40. The Hall–Kier alpha value is -1.22. The first kappa shape index (κ1) is 15.2. The fourth-order valence-electron chi connectivity index (χ4n) is 2.94. The standard InChI is InChI=1S/C16H22ClNO2/c1-3-11-5-4-6-13(9-11)18-15-10-12(17)7-8-14(15)16(19)20-2/h7-8,10-11,13,18H,3-6,9H2,1-2H3. The second-order valence-corrected chi connectivity index (χ2v) is 5.90. The number of hydrogen-bond donors (Lipinski definition) is 1. The number of halogens is 1. The molecule has 110 valence electrons. The van der Waals surface area contributed by atoms with Crippen LogP contribution in [0.4, 0.5) is 5.69 Å². The summed E-state index contributed by atoms with van der Waals surface area (Å²) in [6.45, 7) is 2.24. The number of esters is 1. The number of rotatable bonds is 4. The van der Waals surface area contributed by atoms with Crippen molar-refractivity contribution in [3.63, 3.8) is 0 Å². The van der Waals surface area contributed by atoms with Crippen molar-refractivity contribution in [1.82, 2.24) is 0 Å². The maximum atomic E-state index is 11.8. The molecule has 4 heteroatoms. The molecule has 1 fully saturated rings. The molecule has 2 unspecified atom stereocenters. The molecule has 1 aromatic carbocycles. The predicted molar refractivity (Wildman–Crippen MR) is 82.5 cm³/mol.